The molecule has 21 heavy (non-hydrogen) atoms. The first-order valence-electron chi connectivity index (χ1n) is 7.56. The molecule has 0 aliphatic carbocycles. The van der Waals surface area contributed by atoms with Crippen LogP contribution in [0.25, 0.3) is 0 Å². The van der Waals surface area contributed by atoms with Gasteiger partial charge in [-0.3, -0.25) is 9.69 Å². The molecule has 7 nitrogen and oxygen atoms in total. The number of aliphatic carboxylic acids is 1. The molecular formula is C14H24N2O5. The van der Waals surface area contributed by atoms with Gasteiger partial charge in [0.15, 0.2) is 0 Å². The molecule has 0 bridgehead atoms. The van der Waals surface area contributed by atoms with Gasteiger partial charge in [0.1, 0.15) is 6.61 Å². The Kier molecular flexibility index (Phi) is 6.41. The van der Waals surface area contributed by atoms with Gasteiger partial charge in [-0.15, -0.1) is 0 Å². The first-order valence-corrected chi connectivity index (χ1v) is 7.56. The number of amides is 1. The van der Waals surface area contributed by atoms with E-state index in [1.807, 2.05) is 0 Å². The van der Waals surface area contributed by atoms with E-state index in [2.05, 4.69) is 10.2 Å². The van der Waals surface area contributed by atoms with Crippen molar-refractivity contribution in [2.45, 2.75) is 37.8 Å². The molecule has 2 fully saturated rings. The van der Waals surface area contributed by atoms with E-state index >= 15 is 0 Å². The minimum atomic E-state index is -0.937. The Bertz CT molecular complexity index is 349. The normalized spacial score (nSPS) is 22.1. The summed E-state index contributed by atoms with van der Waals surface area (Å²) in [6, 6.07) is 0.239. The number of nitrogens with zero attached hydrogens (tertiary/aromatic N) is 1. The lowest BCUT2D eigenvalue weighted by atomic mass is 10.1. The zero-order valence-corrected chi connectivity index (χ0v) is 12.3. The highest BCUT2D eigenvalue weighted by Gasteiger charge is 2.23. The van der Waals surface area contributed by atoms with E-state index in [0.717, 1.165) is 52.0 Å². The highest BCUT2D eigenvalue weighted by molar-refractivity contribution is 5.78. The maximum atomic E-state index is 12.0. The average molecular weight is 300 g/mol. The van der Waals surface area contributed by atoms with Crippen LogP contribution in [0.2, 0.25) is 0 Å². The zero-order valence-electron chi connectivity index (χ0n) is 12.3. The lowest BCUT2D eigenvalue weighted by Crippen LogP contribution is -2.46. The second-order valence-corrected chi connectivity index (χ2v) is 5.63. The molecule has 0 atom stereocenters. The lowest BCUT2D eigenvalue weighted by Gasteiger charge is -2.31. The van der Waals surface area contributed by atoms with Gasteiger partial charge in [0.25, 0.3) is 0 Å². The highest BCUT2D eigenvalue weighted by Crippen LogP contribution is 2.13. The molecule has 0 aromatic carbocycles. The van der Waals surface area contributed by atoms with Gasteiger partial charge in [0.2, 0.25) is 5.91 Å². The van der Waals surface area contributed by atoms with Gasteiger partial charge in [-0.25, -0.2) is 4.79 Å². The molecule has 1 amide bonds. The van der Waals surface area contributed by atoms with E-state index in [-0.39, 0.29) is 24.7 Å². The molecule has 2 aliphatic heterocycles. The van der Waals surface area contributed by atoms with Gasteiger partial charge in [0.05, 0.1) is 12.6 Å². The molecule has 7 heteroatoms. The summed E-state index contributed by atoms with van der Waals surface area (Å²) in [5, 5.41) is 11.6. The number of nitrogens with one attached hydrogen (secondary N) is 1. The van der Waals surface area contributed by atoms with Gasteiger partial charge >= 0.3 is 5.97 Å². The second kappa shape index (κ2) is 8.31. The van der Waals surface area contributed by atoms with Crippen molar-refractivity contribution in [2.75, 3.05) is 39.5 Å². The van der Waals surface area contributed by atoms with Crippen LogP contribution in [-0.2, 0) is 19.1 Å². The topological polar surface area (TPSA) is 88.1 Å². The van der Waals surface area contributed by atoms with Crippen molar-refractivity contribution in [3.8, 4) is 0 Å². The summed E-state index contributed by atoms with van der Waals surface area (Å²) in [7, 11) is 0. The van der Waals surface area contributed by atoms with Crippen LogP contribution in [0.15, 0.2) is 0 Å². The van der Waals surface area contributed by atoms with Gasteiger partial charge in [0, 0.05) is 32.3 Å². The van der Waals surface area contributed by atoms with Crippen LogP contribution in [0.3, 0.4) is 0 Å². The third-order valence-electron chi connectivity index (χ3n) is 3.93. The van der Waals surface area contributed by atoms with Crippen LogP contribution in [0.5, 0.6) is 0 Å². The zero-order chi connectivity index (χ0) is 15.1. The summed E-state index contributed by atoms with van der Waals surface area (Å²) < 4.78 is 10.5. The van der Waals surface area contributed by atoms with Crippen LogP contribution in [0.4, 0.5) is 0 Å². The van der Waals surface area contributed by atoms with E-state index in [9.17, 15) is 9.59 Å². The molecule has 2 N–H and O–H groups in total. The van der Waals surface area contributed by atoms with Crippen molar-refractivity contribution < 1.29 is 24.2 Å². The van der Waals surface area contributed by atoms with Crippen molar-refractivity contribution in [3.63, 3.8) is 0 Å². The highest BCUT2D eigenvalue weighted by atomic mass is 16.5. The van der Waals surface area contributed by atoms with Crippen molar-refractivity contribution in [1.29, 1.82) is 0 Å². The van der Waals surface area contributed by atoms with Crippen LogP contribution in [0, 0.1) is 0 Å². The summed E-state index contributed by atoms with van der Waals surface area (Å²) in [6.45, 7) is 3.14. The van der Waals surface area contributed by atoms with Crippen LogP contribution < -0.4 is 5.32 Å². The minimum Gasteiger partial charge on any atom is -0.480 e. The fourth-order valence-electron chi connectivity index (χ4n) is 2.74. The molecule has 2 rings (SSSR count). The van der Waals surface area contributed by atoms with E-state index in [4.69, 9.17) is 14.6 Å². The Morgan fingerprint density at radius 2 is 1.86 bits per heavy atom. The number of carboxylic acid groups (broad SMARTS) is 1. The number of likely N-dealkylation sites (tertiary alicyclic amines) is 1. The minimum absolute atomic E-state index is 0.00379. The monoisotopic (exact) mass is 300 g/mol. The molecule has 0 unspecified atom stereocenters. The van der Waals surface area contributed by atoms with Crippen molar-refractivity contribution in [3.05, 3.63) is 0 Å². The Labute approximate surface area is 124 Å². The third-order valence-corrected chi connectivity index (χ3v) is 3.93. The third kappa shape index (κ3) is 5.99. The molecule has 0 aromatic rings. The SMILES string of the molecule is O=C(O)COC1CCN(CC(=O)NC2CCOCC2)CC1. The molecule has 0 spiro atoms. The molecule has 2 heterocycles. The summed E-state index contributed by atoms with van der Waals surface area (Å²) in [4.78, 5) is 24.5. The Morgan fingerprint density at radius 3 is 2.48 bits per heavy atom. The van der Waals surface area contributed by atoms with E-state index < -0.39 is 5.97 Å². The molecule has 0 radical (unpaired) electrons. The second-order valence-electron chi connectivity index (χ2n) is 5.63. The fourth-order valence-corrected chi connectivity index (χ4v) is 2.74. The average Bonchev–Trinajstić information content (AvgIpc) is 2.47. The Morgan fingerprint density at radius 1 is 1.19 bits per heavy atom. The van der Waals surface area contributed by atoms with E-state index in [1.165, 1.54) is 0 Å². The molecule has 0 aromatic heterocycles. The predicted molar refractivity (Wildman–Crippen MR) is 75.0 cm³/mol. The quantitative estimate of drug-likeness (QED) is 0.709. The first-order chi connectivity index (χ1) is 10.1. The lowest BCUT2D eigenvalue weighted by molar-refractivity contribution is -0.145. The maximum Gasteiger partial charge on any atom is 0.329 e. The molecule has 2 aliphatic rings. The fraction of sp³-hybridized carbons (Fsp3) is 0.857. The predicted octanol–water partition coefficient (Wildman–Crippen LogP) is -0.153. The molecule has 120 valence electrons. The Balaban J connectivity index is 1.61. The van der Waals surface area contributed by atoms with Gasteiger partial charge < -0.3 is 19.9 Å². The maximum absolute atomic E-state index is 12.0. The smallest absolute Gasteiger partial charge is 0.329 e. The van der Waals surface area contributed by atoms with Crippen molar-refractivity contribution in [1.82, 2.24) is 10.2 Å². The van der Waals surface area contributed by atoms with Crippen LogP contribution in [-0.4, -0.2) is 73.5 Å². The number of carboxylic acids is 1. The Hall–Kier alpha value is -1.18. The molecule has 2 saturated heterocycles. The largest absolute Gasteiger partial charge is 0.480 e. The van der Waals surface area contributed by atoms with Gasteiger partial charge in [-0.05, 0) is 25.7 Å². The van der Waals surface area contributed by atoms with Gasteiger partial charge in [-0.1, -0.05) is 0 Å². The van der Waals surface area contributed by atoms with Crippen molar-refractivity contribution >= 4 is 11.9 Å². The number of carbonyl (C=O) groups is 2. The molecule has 0 saturated carbocycles. The van der Waals surface area contributed by atoms with Crippen LogP contribution >= 0.6 is 0 Å². The summed E-state index contributed by atoms with van der Waals surface area (Å²) in [5.74, 6) is -0.875. The summed E-state index contributed by atoms with van der Waals surface area (Å²) >= 11 is 0. The molecular weight excluding hydrogens is 276 g/mol. The standard InChI is InChI=1S/C14H24N2O5/c17-13(15-11-3-7-20-8-4-11)9-16-5-1-12(2-6-16)21-10-14(18)19/h11-12H,1-10H2,(H,15,17)(H,18,19). The summed E-state index contributed by atoms with van der Waals surface area (Å²) in [5.41, 5.74) is 0. The number of hydrogen-bond donors (Lipinski definition) is 2. The summed E-state index contributed by atoms with van der Waals surface area (Å²) in [6.07, 6.45) is 3.32. The number of carbonyl (C=O) groups excluding carboxylic acids is 1. The number of ether oxygens (including phenoxy) is 2. The number of rotatable bonds is 6. The number of piperidine rings is 1. The van der Waals surface area contributed by atoms with E-state index in [0.29, 0.717) is 6.54 Å². The van der Waals surface area contributed by atoms with Crippen molar-refractivity contribution in [2.24, 2.45) is 0 Å². The van der Waals surface area contributed by atoms with E-state index in [1.54, 1.807) is 0 Å². The first kappa shape index (κ1) is 16.2. The van der Waals surface area contributed by atoms with Crippen LogP contribution in [0.1, 0.15) is 25.7 Å². The number of hydrogen-bond acceptors (Lipinski definition) is 5. The van der Waals surface area contributed by atoms with Gasteiger partial charge in [-0.2, -0.15) is 0 Å².